The van der Waals surface area contributed by atoms with E-state index in [1.54, 1.807) is 0 Å². The van der Waals surface area contributed by atoms with Crippen LogP contribution in [-0.4, -0.2) is 49.8 Å². The molecule has 0 saturated carbocycles. The lowest BCUT2D eigenvalue weighted by molar-refractivity contribution is 0.0731. The normalized spacial score (nSPS) is 35.8. The molecule has 2 aliphatic rings. The van der Waals surface area contributed by atoms with Gasteiger partial charge in [-0.25, -0.2) is 0 Å². The zero-order valence-corrected chi connectivity index (χ0v) is 9.17. The Kier molecular flexibility index (Phi) is 3.79. The van der Waals surface area contributed by atoms with Crippen LogP contribution in [0.25, 0.3) is 0 Å². The minimum Gasteiger partial charge on any atom is -0.377 e. The SMILES string of the molecule is CC1CN(CC2CCCO2)CCCN1. The van der Waals surface area contributed by atoms with Crippen molar-refractivity contribution in [3.63, 3.8) is 0 Å². The zero-order chi connectivity index (χ0) is 9.80. The summed E-state index contributed by atoms with van der Waals surface area (Å²) in [5.41, 5.74) is 0. The maximum atomic E-state index is 5.67. The largest absolute Gasteiger partial charge is 0.377 e. The fourth-order valence-corrected chi connectivity index (χ4v) is 2.44. The third-order valence-corrected chi connectivity index (χ3v) is 3.16. The standard InChI is InChI=1S/C11H22N2O/c1-10-8-13(6-3-5-12-10)9-11-4-2-7-14-11/h10-12H,2-9H2,1H3. The highest BCUT2D eigenvalue weighted by Crippen LogP contribution is 2.14. The van der Waals surface area contributed by atoms with E-state index in [2.05, 4.69) is 17.1 Å². The van der Waals surface area contributed by atoms with Gasteiger partial charge in [-0.2, -0.15) is 0 Å². The molecule has 2 rings (SSSR count). The van der Waals surface area contributed by atoms with Crippen LogP contribution in [0, 0.1) is 0 Å². The predicted molar refractivity (Wildman–Crippen MR) is 57.5 cm³/mol. The van der Waals surface area contributed by atoms with Gasteiger partial charge in [0.25, 0.3) is 0 Å². The Labute approximate surface area is 86.8 Å². The van der Waals surface area contributed by atoms with E-state index in [4.69, 9.17) is 4.74 Å². The molecule has 2 unspecified atom stereocenters. The van der Waals surface area contributed by atoms with E-state index in [0.717, 1.165) is 13.2 Å². The summed E-state index contributed by atoms with van der Waals surface area (Å²) in [5.74, 6) is 0. The molecule has 2 saturated heterocycles. The number of rotatable bonds is 2. The van der Waals surface area contributed by atoms with Crippen LogP contribution >= 0.6 is 0 Å². The number of hydrogen-bond acceptors (Lipinski definition) is 3. The van der Waals surface area contributed by atoms with Crippen LogP contribution in [0.3, 0.4) is 0 Å². The molecule has 3 nitrogen and oxygen atoms in total. The molecule has 0 aromatic heterocycles. The molecule has 0 bridgehead atoms. The molecule has 0 aromatic rings. The van der Waals surface area contributed by atoms with Gasteiger partial charge < -0.3 is 10.1 Å². The second-order valence-electron chi connectivity index (χ2n) is 4.60. The Hall–Kier alpha value is -0.120. The van der Waals surface area contributed by atoms with E-state index in [1.807, 2.05) is 0 Å². The fraction of sp³-hybridized carbons (Fsp3) is 1.00. The Morgan fingerprint density at radius 3 is 3.14 bits per heavy atom. The van der Waals surface area contributed by atoms with Crippen LogP contribution in [0.15, 0.2) is 0 Å². The topological polar surface area (TPSA) is 24.5 Å². The molecule has 2 atom stereocenters. The van der Waals surface area contributed by atoms with Gasteiger partial charge in [-0.3, -0.25) is 4.90 Å². The highest BCUT2D eigenvalue weighted by Gasteiger charge is 2.21. The van der Waals surface area contributed by atoms with E-state index in [9.17, 15) is 0 Å². The number of ether oxygens (including phenoxy) is 1. The van der Waals surface area contributed by atoms with Crippen LogP contribution in [-0.2, 0) is 4.74 Å². The summed E-state index contributed by atoms with van der Waals surface area (Å²) in [6, 6.07) is 0.638. The van der Waals surface area contributed by atoms with Gasteiger partial charge in [-0.15, -0.1) is 0 Å². The third-order valence-electron chi connectivity index (χ3n) is 3.16. The quantitative estimate of drug-likeness (QED) is 0.712. The first kappa shape index (κ1) is 10.4. The summed E-state index contributed by atoms with van der Waals surface area (Å²) in [7, 11) is 0. The van der Waals surface area contributed by atoms with Crippen LogP contribution in [0.5, 0.6) is 0 Å². The molecule has 0 aliphatic carbocycles. The first-order valence-corrected chi connectivity index (χ1v) is 5.92. The van der Waals surface area contributed by atoms with E-state index >= 15 is 0 Å². The van der Waals surface area contributed by atoms with Crippen LogP contribution in [0.2, 0.25) is 0 Å². The molecule has 0 amide bonds. The smallest absolute Gasteiger partial charge is 0.0702 e. The summed E-state index contributed by atoms with van der Waals surface area (Å²) in [5, 5.41) is 3.52. The van der Waals surface area contributed by atoms with Crippen molar-refractivity contribution in [3.8, 4) is 0 Å². The molecular weight excluding hydrogens is 176 g/mol. The minimum atomic E-state index is 0.514. The summed E-state index contributed by atoms with van der Waals surface area (Å²) in [4.78, 5) is 2.56. The second-order valence-corrected chi connectivity index (χ2v) is 4.60. The van der Waals surface area contributed by atoms with Gasteiger partial charge in [0.15, 0.2) is 0 Å². The van der Waals surface area contributed by atoms with Gasteiger partial charge in [-0.1, -0.05) is 0 Å². The van der Waals surface area contributed by atoms with Crippen molar-refractivity contribution < 1.29 is 4.74 Å². The van der Waals surface area contributed by atoms with Gasteiger partial charge in [0.05, 0.1) is 6.10 Å². The maximum Gasteiger partial charge on any atom is 0.0702 e. The van der Waals surface area contributed by atoms with Crippen molar-refractivity contribution in [3.05, 3.63) is 0 Å². The van der Waals surface area contributed by atoms with Gasteiger partial charge in [0, 0.05) is 25.7 Å². The van der Waals surface area contributed by atoms with E-state index in [0.29, 0.717) is 12.1 Å². The molecule has 3 heteroatoms. The van der Waals surface area contributed by atoms with Crippen molar-refractivity contribution in [1.29, 1.82) is 0 Å². The summed E-state index contributed by atoms with van der Waals surface area (Å²) in [6.45, 7) is 7.98. The maximum absolute atomic E-state index is 5.67. The van der Waals surface area contributed by atoms with Crippen molar-refractivity contribution in [2.24, 2.45) is 0 Å². The van der Waals surface area contributed by atoms with Gasteiger partial charge in [0.1, 0.15) is 0 Å². The molecule has 2 heterocycles. The molecule has 0 radical (unpaired) electrons. The molecular formula is C11H22N2O. The molecule has 0 spiro atoms. The molecule has 2 aliphatic heterocycles. The lowest BCUT2D eigenvalue weighted by Crippen LogP contribution is -2.39. The Bertz CT molecular complexity index is 169. The van der Waals surface area contributed by atoms with Gasteiger partial charge in [0.2, 0.25) is 0 Å². The molecule has 14 heavy (non-hydrogen) atoms. The summed E-state index contributed by atoms with van der Waals surface area (Å²) in [6.07, 6.45) is 4.31. The number of nitrogens with zero attached hydrogens (tertiary/aromatic N) is 1. The van der Waals surface area contributed by atoms with Gasteiger partial charge >= 0.3 is 0 Å². The van der Waals surface area contributed by atoms with Crippen LogP contribution in [0.4, 0.5) is 0 Å². The van der Waals surface area contributed by atoms with Crippen molar-refractivity contribution in [2.75, 3.05) is 32.8 Å². The summed E-state index contributed by atoms with van der Waals surface area (Å²) < 4.78 is 5.67. The third kappa shape index (κ3) is 2.94. The van der Waals surface area contributed by atoms with E-state index in [-0.39, 0.29) is 0 Å². The monoisotopic (exact) mass is 198 g/mol. The highest BCUT2D eigenvalue weighted by atomic mass is 16.5. The Balaban J connectivity index is 1.77. The number of nitrogens with one attached hydrogen (secondary N) is 1. The highest BCUT2D eigenvalue weighted by molar-refractivity contribution is 4.76. The second kappa shape index (κ2) is 5.10. The van der Waals surface area contributed by atoms with Gasteiger partial charge in [-0.05, 0) is 39.3 Å². The molecule has 1 N–H and O–H groups in total. The predicted octanol–water partition coefficient (Wildman–Crippen LogP) is 0.849. The summed E-state index contributed by atoms with van der Waals surface area (Å²) >= 11 is 0. The van der Waals surface area contributed by atoms with E-state index in [1.165, 1.54) is 38.9 Å². The van der Waals surface area contributed by atoms with Crippen LogP contribution < -0.4 is 5.32 Å². The Morgan fingerprint density at radius 1 is 1.43 bits per heavy atom. The van der Waals surface area contributed by atoms with Crippen molar-refractivity contribution in [2.45, 2.75) is 38.3 Å². The first-order chi connectivity index (χ1) is 6.84. The van der Waals surface area contributed by atoms with Crippen LogP contribution in [0.1, 0.15) is 26.2 Å². The lowest BCUT2D eigenvalue weighted by atomic mass is 10.2. The molecule has 82 valence electrons. The average Bonchev–Trinajstić information content (AvgIpc) is 2.56. The Morgan fingerprint density at radius 2 is 2.36 bits per heavy atom. The number of hydrogen-bond donors (Lipinski definition) is 1. The fourth-order valence-electron chi connectivity index (χ4n) is 2.44. The molecule has 2 fully saturated rings. The zero-order valence-electron chi connectivity index (χ0n) is 9.17. The van der Waals surface area contributed by atoms with Crippen molar-refractivity contribution >= 4 is 0 Å². The minimum absolute atomic E-state index is 0.514. The first-order valence-electron chi connectivity index (χ1n) is 5.92. The molecule has 0 aromatic carbocycles. The average molecular weight is 198 g/mol. The van der Waals surface area contributed by atoms with Crippen molar-refractivity contribution in [1.82, 2.24) is 10.2 Å². The lowest BCUT2D eigenvalue weighted by Gasteiger charge is -2.24. The van der Waals surface area contributed by atoms with E-state index < -0.39 is 0 Å².